The Morgan fingerprint density at radius 1 is 1.11 bits per heavy atom. The first kappa shape index (κ1) is 29.2. The number of imidazole rings is 1. The molecule has 16 heteroatoms. The van der Waals surface area contributed by atoms with Gasteiger partial charge in [-0.2, -0.15) is 18.3 Å². The SMILES string of the molecule is CNC(=O)c1cc(Oc2ccc3nc(Nc4ccc(C5=C6C(N)=NC=NN6CC5C(=O)NCC(F)(F)F)cc4)[nH]c3c2)ccn1. The predicted molar refractivity (Wildman–Crippen MR) is 160 cm³/mol. The number of hydrazone groups is 1. The van der Waals surface area contributed by atoms with E-state index < -0.39 is 24.5 Å². The van der Waals surface area contributed by atoms with E-state index in [0.29, 0.717) is 51.0 Å². The van der Waals surface area contributed by atoms with Crippen LogP contribution in [0.25, 0.3) is 16.6 Å². The monoisotopic (exact) mass is 618 g/mol. The highest BCUT2D eigenvalue weighted by Gasteiger charge is 2.40. The van der Waals surface area contributed by atoms with E-state index in [0.717, 1.165) is 0 Å². The second-order valence-corrected chi connectivity index (χ2v) is 10.00. The van der Waals surface area contributed by atoms with Crippen LogP contribution in [-0.4, -0.2) is 70.3 Å². The van der Waals surface area contributed by atoms with Crippen LogP contribution in [0.3, 0.4) is 0 Å². The van der Waals surface area contributed by atoms with Gasteiger partial charge in [-0.15, -0.1) is 0 Å². The summed E-state index contributed by atoms with van der Waals surface area (Å²) in [5.74, 6) is -0.583. The van der Waals surface area contributed by atoms with E-state index >= 15 is 0 Å². The van der Waals surface area contributed by atoms with Crippen molar-refractivity contribution in [2.75, 3.05) is 25.5 Å². The minimum absolute atomic E-state index is 0.0160. The summed E-state index contributed by atoms with van der Waals surface area (Å²) in [5, 5.41) is 13.2. The van der Waals surface area contributed by atoms with Crippen LogP contribution in [0.2, 0.25) is 0 Å². The number of H-pyrrole nitrogens is 1. The van der Waals surface area contributed by atoms with Crippen LogP contribution >= 0.6 is 0 Å². The summed E-state index contributed by atoms with van der Waals surface area (Å²) in [6.45, 7) is -1.43. The third-order valence-corrected chi connectivity index (χ3v) is 6.97. The summed E-state index contributed by atoms with van der Waals surface area (Å²) in [4.78, 5) is 40.5. The van der Waals surface area contributed by atoms with Crippen LogP contribution < -0.4 is 26.4 Å². The molecule has 2 aromatic carbocycles. The number of nitrogens with one attached hydrogen (secondary N) is 4. The molecule has 2 aliphatic heterocycles. The van der Waals surface area contributed by atoms with Gasteiger partial charge in [-0.05, 0) is 35.9 Å². The Labute approximate surface area is 253 Å². The van der Waals surface area contributed by atoms with Crippen molar-refractivity contribution in [1.29, 1.82) is 0 Å². The molecule has 6 rings (SSSR count). The Kier molecular flexibility index (Phi) is 7.53. The van der Waals surface area contributed by atoms with Crippen LogP contribution in [-0.2, 0) is 4.79 Å². The number of rotatable bonds is 8. The summed E-state index contributed by atoms with van der Waals surface area (Å²) < 4.78 is 44.3. The normalized spacial score (nSPS) is 16.0. The van der Waals surface area contributed by atoms with Gasteiger partial charge in [0.1, 0.15) is 35.8 Å². The lowest BCUT2D eigenvalue weighted by atomic mass is 9.92. The second kappa shape index (κ2) is 11.6. The van der Waals surface area contributed by atoms with E-state index in [1.54, 1.807) is 48.5 Å². The number of amides is 2. The molecule has 0 radical (unpaired) electrons. The van der Waals surface area contributed by atoms with Crippen molar-refractivity contribution in [2.24, 2.45) is 21.7 Å². The summed E-state index contributed by atoms with van der Waals surface area (Å²) in [6.07, 6.45) is -1.84. The number of alkyl halides is 3. The minimum Gasteiger partial charge on any atom is -0.457 e. The van der Waals surface area contributed by atoms with Gasteiger partial charge in [0.25, 0.3) is 5.91 Å². The fourth-order valence-corrected chi connectivity index (χ4v) is 4.95. The van der Waals surface area contributed by atoms with Crippen molar-refractivity contribution in [3.63, 3.8) is 0 Å². The Balaban J connectivity index is 1.20. The van der Waals surface area contributed by atoms with Gasteiger partial charge in [-0.1, -0.05) is 12.1 Å². The molecular weight excluding hydrogens is 593 g/mol. The molecule has 13 nitrogen and oxygen atoms in total. The second-order valence-electron chi connectivity index (χ2n) is 10.00. The number of benzene rings is 2. The first-order valence-electron chi connectivity index (χ1n) is 13.5. The van der Waals surface area contributed by atoms with Gasteiger partial charge in [0.2, 0.25) is 11.9 Å². The van der Waals surface area contributed by atoms with Crippen molar-refractivity contribution >= 4 is 52.2 Å². The molecule has 1 unspecified atom stereocenters. The molecule has 0 spiro atoms. The minimum atomic E-state index is -4.55. The van der Waals surface area contributed by atoms with Gasteiger partial charge in [-0.25, -0.2) is 9.98 Å². The Morgan fingerprint density at radius 2 is 1.89 bits per heavy atom. The average Bonchev–Trinajstić information content (AvgIpc) is 3.61. The van der Waals surface area contributed by atoms with Crippen LogP contribution in [0.5, 0.6) is 11.5 Å². The van der Waals surface area contributed by atoms with Crippen molar-refractivity contribution in [1.82, 2.24) is 30.6 Å². The third kappa shape index (κ3) is 6.24. The molecule has 6 N–H and O–H groups in total. The first-order valence-corrected chi connectivity index (χ1v) is 13.5. The number of anilines is 2. The molecule has 45 heavy (non-hydrogen) atoms. The van der Waals surface area contributed by atoms with Gasteiger partial charge in [0, 0.05) is 36.6 Å². The molecule has 0 fully saturated rings. The highest BCUT2D eigenvalue weighted by Crippen LogP contribution is 2.38. The quantitative estimate of drug-likeness (QED) is 0.199. The lowest BCUT2D eigenvalue weighted by Crippen LogP contribution is -2.39. The summed E-state index contributed by atoms with van der Waals surface area (Å²) in [5.41, 5.74) is 9.69. The molecule has 0 saturated carbocycles. The van der Waals surface area contributed by atoms with E-state index in [1.165, 1.54) is 30.7 Å². The summed E-state index contributed by atoms with van der Waals surface area (Å²) >= 11 is 0. The van der Waals surface area contributed by atoms with Crippen LogP contribution in [0.15, 0.2) is 76.6 Å². The Morgan fingerprint density at radius 3 is 2.64 bits per heavy atom. The topological polar surface area (TPSA) is 175 Å². The lowest BCUT2D eigenvalue weighted by molar-refractivity contribution is -0.139. The zero-order chi connectivity index (χ0) is 31.7. The van der Waals surface area contributed by atoms with Gasteiger partial charge >= 0.3 is 6.18 Å². The number of fused-ring (bicyclic) bond motifs is 2. The molecular formula is C29H25F3N10O3. The van der Waals surface area contributed by atoms with Crippen molar-refractivity contribution in [3.05, 3.63) is 77.7 Å². The van der Waals surface area contributed by atoms with Crippen molar-refractivity contribution in [3.8, 4) is 11.5 Å². The molecule has 2 aliphatic rings. The average molecular weight is 619 g/mol. The maximum atomic E-state index is 12.8. The fourth-order valence-electron chi connectivity index (χ4n) is 4.95. The lowest BCUT2D eigenvalue weighted by Gasteiger charge is -2.18. The largest absolute Gasteiger partial charge is 0.457 e. The Hall–Kier alpha value is -5.93. The molecule has 0 saturated heterocycles. The number of carbonyl (C=O) groups is 2. The highest BCUT2D eigenvalue weighted by molar-refractivity contribution is 6.11. The van der Waals surface area contributed by atoms with E-state index in [-0.39, 0.29) is 24.0 Å². The number of nitrogens with zero attached hydrogens (tertiary/aromatic N) is 5. The number of halogens is 3. The van der Waals surface area contributed by atoms with E-state index in [4.69, 9.17) is 10.5 Å². The molecule has 2 amide bonds. The molecule has 230 valence electrons. The van der Waals surface area contributed by atoms with E-state index in [2.05, 4.69) is 35.7 Å². The summed E-state index contributed by atoms with van der Waals surface area (Å²) in [7, 11) is 1.52. The van der Waals surface area contributed by atoms with Crippen LogP contribution in [0.1, 0.15) is 16.1 Å². The standard InChI is InChI=1S/C29H25F3N10O3/c1-34-27(44)22-11-18(8-9-35-22)45-17-6-7-20-21(10-17)41-28(40-20)39-16-4-2-15(3-5-16)23-19(26(43)36-13-29(30,31)32)12-42-24(23)25(33)37-14-38-42/h2-11,14,19H,12-13H2,1H3,(H,34,44)(H,36,43)(H2,33,37,38)(H2,39,40,41). The summed E-state index contributed by atoms with van der Waals surface area (Å²) in [6, 6.07) is 15.4. The number of amidine groups is 1. The van der Waals surface area contributed by atoms with E-state index in [1.807, 2.05) is 5.32 Å². The predicted octanol–water partition coefficient (Wildman–Crippen LogP) is 3.49. The number of nitrogens with two attached hydrogens (primary N) is 1. The fraction of sp³-hybridized carbons (Fsp3) is 0.172. The number of hydrogen-bond acceptors (Lipinski definition) is 10. The number of aliphatic imine (C=N–C) groups is 1. The number of ether oxygens (including phenoxy) is 1. The van der Waals surface area contributed by atoms with Crippen molar-refractivity contribution < 1.29 is 27.5 Å². The molecule has 1 atom stereocenters. The van der Waals surface area contributed by atoms with E-state index in [9.17, 15) is 22.8 Å². The molecule has 2 aromatic heterocycles. The third-order valence-electron chi connectivity index (χ3n) is 6.97. The van der Waals surface area contributed by atoms with Gasteiger partial charge < -0.3 is 31.4 Å². The number of carbonyl (C=O) groups excluding carboxylic acids is 2. The number of aromatic nitrogens is 3. The molecule has 4 aromatic rings. The highest BCUT2D eigenvalue weighted by atomic mass is 19.4. The zero-order valence-corrected chi connectivity index (χ0v) is 23.5. The van der Waals surface area contributed by atoms with Gasteiger partial charge in [-0.3, -0.25) is 19.6 Å². The van der Waals surface area contributed by atoms with Crippen LogP contribution in [0, 0.1) is 5.92 Å². The molecule has 0 bridgehead atoms. The smallest absolute Gasteiger partial charge is 0.405 e. The number of pyridine rings is 1. The molecule has 4 heterocycles. The van der Waals surface area contributed by atoms with Gasteiger partial charge in [0.05, 0.1) is 23.5 Å². The van der Waals surface area contributed by atoms with Crippen LogP contribution in [0.4, 0.5) is 24.8 Å². The Bertz CT molecular complexity index is 1880. The van der Waals surface area contributed by atoms with Gasteiger partial charge in [0.15, 0.2) is 5.84 Å². The molecule has 0 aliphatic carbocycles. The number of hydrogen-bond donors (Lipinski definition) is 5. The number of aromatic amines is 1. The first-order chi connectivity index (χ1) is 21.6. The maximum Gasteiger partial charge on any atom is 0.405 e. The zero-order valence-electron chi connectivity index (χ0n) is 23.5. The maximum absolute atomic E-state index is 12.8. The van der Waals surface area contributed by atoms with Crippen molar-refractivity contribution in [2.45, 2.75) is 6.18 Å².